The topological polar surface area (TPSA) is 86.7 Å². The van der Waals surface area contributed by atoms with E-state index in [1.807, 2.05) is 37.3 Å². The number of carbonyl (C=O) groups excluding carboxylic acids is 1. The molecule has 182 valence electrons. The lowest BCUT2D eigenvalue weighted by Crippen LogP contribution is -2.65. The van der Waals surface area contributed by atoms with Crippen LogP contribution < -0.4 is 5.32 Å². The predicted molar refractivity (Wildman–Crippen MR) is 131 cm³/mol. The molecule has 0 radical (unpaired) electrons. The monoisotopic (exact) mass is 482 g/mol. The first-order valence-electron chi connectivity index (χ1n) is 12.8. The SMILES string of the molecule is CCC1(C(=O)NC2C3CC4CC2CC(O)(C4)C3)CCCN1S(=O)(=O)c1cccc2ccccc12. The third-order valence-corrected chi connectivity index (χ3v) is 11.3. The molecule has 5 fully saturated rings. The third-order valence-electron chi connectivity index (χ3n) is 9.29. The Balaban J connectivity index is 1.32. The second-order valence-electron chi connectivity index (χ2n) is 11.2. The first-order chi connectivity index (χ1) is 16.3. The van der Waals surface area contributed by atoms with Crippen molar-refractivity contribution >= 4 is 26.7 Å². The normalized spacial score (nSPS) is 37.4. The Morgan fingerprint density at radius 1 is 1.09 bits per heavy atom. The molecule has 2 aromatic rings. The highest BCUT2D eigenvalue weighted by molar-refractivity contribution is 7.89. The van der Waals surface area contributed by atoms with Crippen LogP contribution in [0, 0.1) is 17.8 Å². The summed E-state index contributed by atoms with van der Waals surface area (Å²) in [5.41, 5.74) is -1.63. The number of aliphatic hydroxyl groups is 1. The van der Waals surface area contributed by atoms with Crippen LogP contribution in [0.15, 0.2) is 47.4 Å². The lowest BCUT2D eigenvalue weighted by atomic mass is 9.52. The van der Waals surface area contributed by atoms with Crippen molar-refractivity contribution < 1.29 is 18.3 Å². The summed E-state index contributed by atoms with van der Waals surface area (Å²) in [6, 6.07) is 12.9. The summed E-state index contributed by atoms with van der Waals surface area (Å²) < 4.78 is 29.5. The number of nitrogens with one attached hydrogen (secondary N) is 1. The maximum atomic E-state index is 14.0. The number of carbonyl (C=O) groups is 1. The van der Waals surface area contributed by atoms with Crippen LogP contribution in [0.2, 0.25) is 0 Å². The second kappa shape index (κ2) is 7.77. The fourth-order valence-corrected chi connectivity index (χ4v) is 10.1. The van der Waals surface area contributed by atoms with Crippen LogP contribution in [0.5, 0.6) is 0 Å². The summed E-state index contributed by atoms with van der Waals surface area (Å²) >= 11 is 0. The smallest absolute Gasteiger partial charge is 0.244 e. The van der Waals surface area contributed by atoms with E-state index in [-0.39, 0.29) is 16.8 Å². The van der Waals surface area contributed by atoms with E-state index < -0.39 is 21.2 Å². The first kappa shape index (κ1) is 22.5. The fraction of sp³-hybridized carbons (Fsp3) is 0.593. The van der Waals surface area contributed by atoms with E-state index in [1.54, 1.807) is 12.1 Å². The highest BCUT2D eigenvalue weighted by Crippen LogP contribution is 2.56. The Hall–Kier alpha value is -1.96. The Bertz CT molecular complexity index is 1220. The van der Waals surface area contributed by atoms with Crippen LogP contribution in [0.1, 0.15) is 58.3 Å². The summed E-state index contributed by atoms with van der Waals surface area (Å²) in [5.74, 6) is 0.989. The lowest BCUT2D eigenvalue weighted by molar-refractivity contribution is -0.150. The van der Waals surface area contributed by atoms with Gasteiger partial charge in [0, 0.05) is 18.0 Å². The van der Waals surface area contributed by atoms with Gasteiger partial charge in [-0.15, -0.1) is 0 Å². The molecule has 7 rings (SSSR count). The Kier molecular flexibility index (Phi) is 5.14. The average molecular weight is 483 g/mol. The van der Waals surface area contributed by atoms with E-state index in [9.17, 15) is 18.3 Å². The number of hydrogen-bond donors (Lipinski definition) is 2. The summed E-state index contributed by atoms with van der Waals surface area (Å²) in [7, 11) is -3.87. The zero-order valence-electron chi connectivity index (χ0n) is 19.7. The van der Waals surface area contributed by atoms with Gasteiger partial charge in [-0.25, -0.2) is 8.42 Å². The summed E-state index contributed by atoms with van der Waals surface area (Å²) in [6.45, 7) is 2.28. The Morgan fingerprint density at radius 3 is 2.50 bits per heavy atom. The van der Waals surface area contributed by atoms with Crippen molar-refractivity contribution in [1.29, 1.82) is 0 Å². The number of benzene rings is 2. The Morgan fingerprint density at radius 2 is 1.79 bits per heavy atom. The van der Waals surface area contributed by atoms with Gasteiger partial charge in [0.05, 0.1) is 10.5 Å². The maximum absolute atomic E-state index is 14.0. The van der Waals surface area contributed by atoms with Gasteiger partial charge in [0.25, 0.3) is 0 Å². The van der Waals surface area contributed by atoms with Crippen molar-refractivity contribution in [1.82, 2.24) is 9.62 Å². The summed E-state index contributed by atoms with van der Waals surface area (Å²) in [4.78, 5) is 14.2. The molecule has 3 unspecified atom stereocenters. The standard InChI is InChI=1S/C27H34N2O4S/c1-2-27(25(30)28-24-20-13-18-14-21(24)17-26(31,15-18)16-20)11-6-12-29(27)34(32,33)23-10-5-8-19-7-3-4-9-22(19)23/h3-5,7-10,18,20-21,24,31H,2,6,11-17H2,1H3,(H,28,30). The van der Waals surface area contributed by atoms with Gasteiger partial charge in [-0.1, -0.05) is 43.3 Å². The van der Waals surface area contributed by atoms with E-state index in [0.717, 1.165) is 37.5 Å². The van der Waals surface area contributed by atoms with Crippen molar-refractivity contribution in [2.75, 3.05) is 6.54 Å². The van der Waals surface area contributed by atoms with Crippen molar-refractivity contribution in [2.45, 2.75) is 80.4 Å². The van der Waals surface area contributed by atoms with Gasteiger partial charge in [0.15, 0.2) is 0 Å². The van der Waals surface area contributed by atoms with Gasteiger partial charge < -0.3 is 10.4 Å². The van der Waals surface area contributed by atoms with Crippen molar-refractivity contribution in [3.05, 3.63) is 42.5 Å². The van der Waals surface area contributed by atoms with Gasteiger partial charge >= 0.3 is 0 Å². The summed E-state index contributed by atoms with van der Waals surface area (Å²) in [5, 5.41) is 15.8. The number of sulfonamides is 1. The molecule has 1 saturated heterocycles. The molecule has 1 aliphatic heterocycles. The van der Waals surface area contributed by atoms with Gasteiger partial charge in [0.1, 0.15) is 5.54 Å². The van der Waals surface area contributed by atoms with Crippen LogP contribution in [0.25, 0.3) is 10.8 Å². The largest absolute Gasteiger partial charge is 0.390 e. The Labute approximate surface area is 201 Å². The minimum atomic E-state index is -3.87. The number of hydrogen-bond acceptors (Lipinski definition) is 4. The molecule has 34 heavy (non-hydrogen) atoms. The molecule has 2 N–H and O–H groups in total. The van der Waals surface area contributed by atoms with E-state index in [0.29, 0.717) is 48.9 Å². The maximum Gasteiger partial charge on any atom is 0.244 e. The molecule has 7 heteroatoms. The number of rotatable bonds is 5. The highest BCUT2D eigenvalue weighted by Gasteiger charge is 2.57. The fourth-order valence-electron chi connectivity index (χ4n) is 7.99. The molecule has 2 aromatic carbocycles. The van der Waals surface area contributed by atoms with E-state index in [2.05, 4.69) is 5.32 Å². The van der Waals surface area contributed by atoms with Gasteiger partial charge in [-0.2, -0.15) is 4.31 Å². The molecule has 4 saturated carbocycles. The van der Waals surface area contributed by atoms with Gasteiger partial charge in [0.2, 0.25) is 15.9 Å². The first-order valence-corrected chi connectivity index (χ1v) is 14.2. The molecular weight excluding hydrogens is 448 g/mol. The van der Waals surface area contributed by atoms with E-state index in [4.69, 9.17) is 0 Å². The summed E-state index contributed by atoms with van der Waals surface area (Å²) in [6.07, 6.45) is 6.17. The molecule has 3 atom stereocenters. The molecule has 4 bridgehead atoms. The lowest BCUT2D eigenvalue weighted by Gasteiger charge is -2.58. The van der Waals surface area contributed by atoms with Crippen molar-refractivity contribution in [3.63, 3.8) is 0 Å². The van der Waals surface area contributed by atoms with Crippen LogP contribution in [-0.4, -0.2) is 47.5 Å². The molecule has 0 aromatic heterocycles. The van der Waals surface area contributed by atoms with Crippen LogP contribution in [0.3, 0.4) is 0 Å². The third kappa shape index (κ3) is 3.27. The number of amides is 1. The minimum Gasteiger partial charge on any atom is -0.390 e. The number of fused-ring (bicyclic) bond motifs is 1. The zero-order valence-corrected chi connectivity index (χ0v) is 20.6. The van der Waals surface area contributed by atoms with E-state index >= 15 is 0 Å². The van der Waals surface area contributed by atoms with E-state index in [1.165, 1.54) is 4.31 Å². The molecule has 4 aliphatic carbocycles. The van der Waals surface area contributed by atoms with Gasteiger partial charge in [-0.3, -0.25) is 4.79 Å². The molecule has 1 heterocycles. The van der Waals surface area contributed by atoms with Crippen molar-refractivity contribution in [2.24, 2.45) is 17.8 Å². The minimum absolute atomic E-state index is 0.0375. The molecule has 6 nitrogen and oxygen atoms in total. The zero-order chi connectivity index (χ0) is 23.7. The molecule has 5 aliphatic rings. The predicted octanol–water partition coefficient (Wildman–Crippen LogP) is 3.83. The van der Waals surface area contributed by atoms with Crippen molar-refractivity contribution in [3.8, 4) is 0 Å². The number of nitrogens with zero attached hydrogens (tertiary/aromatic N) is 1. The molecule has 0 spiro atoms. The molecular formula is C27H34N2O4S. The molecule has 1 amide bonds. The average Bonchev–Trinajstić information content (AvgIpc) is 3.26. The second-order valence-corrected chi connectivity index (χ2v) is 13.1. The van der Waals surface area contributed by atoms with Crippen LogP contribution in [0.4, 0.5) is 0 Å². The van der Waals surface area contributed by atoms with Crippen LogP contribution in [-0.2, 0) is 14.8 Å². The van der Waals surface area contributed by atoms with Gasteiger partial charge in [-0.05, 0) is 80.6 Å². The quantitative estimate of drug-likeness (QED) is 0.678. The van der Waals surface area contributed by atoms with Crippen LogP contribution >= 0.6 is 0 Å². The highest BCUT2D eigenvalue weighted by atomic mass is 32.2.